The lowest BCUT2D eigenvalue weighted by molar-refractivity contribution is -0.144. The number of phenolic OH excluding ortho intramolecular Hbond substituents is 2. The fourth-order valence-corrected chi connectivity index (χ4v) is 0.905. The molecule has 16 heavy (non-hydrogen) atoms. The summed E-state index contributed by atoms with van der Waals surface area (Å²) in [6.07, 6.45) is -1.95. The number of phenols is 2. The zero-order valence-corrected chi connectivity index (χ0v) is 8.57. The number of nitrogens with two attached hydrogens (primary N) is 1. The van der Waals surface area contributed by atoms with E-state index in [9.17, 15) is 15.0 Å². The quantitative estimate of drug-likeness (QED) is 0.518. The van der Waals surface area contributed by atoms with E-state index < -0.39 is 53.6 Å². The number of rotatable bonds is 4. The summed E-state index contributed by atoms with van der Waals surface area (Å²) < 4.78 is 42.8. The first kappa shape index (κ1) is 6.75. The molecule has 0 amide bonds. The van der Waals surface area contributed by atoms with Crippen LogP contribution in [-0.2, 0) is 15.9 Å². The van der Waals surface area contributed by atoms with Crippen LogP contribution in [0.2, 0.25) is 0 Å². The van der Waals surface area contributed by atoms with Gasteiger partial charge in [-0.25, -0.2) is 0 Å². The van der Waals surface area contributed by atoms with Crippen molar-refractivity contribution in [3.05, 3.63) is 23.7 Å². The lowest BCUT2D eigenvalue weighted by Crippen LogP contribution is -2.34. The lowest BCUT2D eigenvalue weighted by atomic mass is 10.1. The van der Waals surface area contributed by atoms with Gasteiger partial charge in [0.05, 0.1) is 12.1 Å². The van der Waals surface area contributed by atoms with Gasteiger partial charge in [0.25, 0.3) is 0 Å². The van der Waals surface area contributed by atoms with Gasteiger partial charge in [0.15, 0.2) is 11.5 Å². The maximum atomic E-state index is 11.6. The molecule has 2 atom stereocenters. The van der Waals surface area contributed by atoms with Crippen LogP contribution in [0.1, 0.15) is 19.3 Å². The van der Waals surface area contributed by atoms with Gasteiger partial charge in [-0.15, -0.1) is 0 Å². The average Bonchev–Trinajstić information content (AvgIpc) is 2.43. The topological polar surface area (TPSA) is 92.8 Å². The van der Waals surface area contributed by atoms with Crippen LogP contribution in [0.15, 0.2) is 18.1 Å². The van der Waals surface area contributed by atoms with Crippen molar-refractivity contribution in [1.29, 1.82) is 0 Å². The number of esters is 1. The third kappa shape index (κ3) is 3.13. The summed E-state index contributed by atoms with van der Waals surface area (Å²) >= 11 is 0. The summed E-state index contributed by atoms with van der Waals surface area (Å²) in [5.74, 6) is -3.23. The maximum absolute atomic E-state index is 11.6. The molecule has 0 radical (unpaired) electrons. The van der Waals surface area contributed by atoms with E-state index in [4.69, 9.17) is 12.6 Å². The van der Waals surface area contributed by atoms with Crippen LogP contribution in [0.5, 0.6) is 11.5 Å². The summed E-state index contributed by atoms with van der Waals surface area (Å²) in [6, 6.07) is -5.05. The number of hydrogen-bond donors (Lipinski definition) is 3. The first-order valence-corrected chi connectivity index (χ1v) is 4.47. The Morgan fingerprint density at radius 1 is 1.69 bits per heavy atom. The van der Waals surface area contributed by atoms with E-state index >= 15 is 0 Å². The molecular formula is C11H15NO4. The van der Waals surface area contributed by atoms with E-state index in [1.54, 1.807) is 0 Å². The molecule has 0 aromatic heterocycles. The van der Waals surface area contributed by atoms with E-state index in [1.807, 2.05) is 0 Å². The van der Waals surface area contributed by atoms with Crippen LogP contribution in [0.3, 0.4) is 0 Å². The smallest absolute Gasteiger partial charge is 0.323 e. The molecule has 0 aliphatic heterocycles. The van der Waals surface area contributed by atoms with Gasteiger partial charge in [-0.3, -0.25) is 4.79 Å². The molecule has 5 nitrogen and oxygen atoms in total. The van der Waals surface area contributed by atoms with Crippen molar-refractivity contribution in [3.8, 4) is 11.5 Å². The van der Waals surface area contributed by atoms with Gasteiger partial charge in [0.2, 0.25) is 0 Å². The highest BCUT2D eigenvalue weighted by Crippen LogP contribution is 2.25. The van der Waals surface area contributed by atoms with Gasteiger partial charge in [-0.1, -0.05) is 6.04 Å². The monoisotopic (exact) mass is 230 g/mol. The Kier molecular flexibility index (Phi) is 2.26. The third-order valence-electron chi connectivity index (χ3n) is 1.60. The highest BCUT2D eigenvalue weighted by molar-refractivity contribution is 5.75. The van der Waals surface area contributed by atoms with Crippen LogP contribution >= 0.6 is 0 Å². The fraction of sp³-hybridized carbons (Fsp3) is 0.364. The number of carbonyl (C=O) groups is 1. The van der Waals surface area contributed by atoms with E-state index in [2.05, 4.69) is 4.74 Å². The van der Waals surface area contributed by atoms with Crippen LogP contribution in [0.25, 0.3) is 0 Å². The highest BCUT2D eigenvalue weighted by atomic mass is 16.5. The van der Waals surface area contributed by atoms with E-state index in [1.165, 1.54) is 6.92 Å². The van der Waals surface area contributed by atoms with Gasteiger partial charge >= 0.3 is 5.97 Å². The molecule has 0 saturated carbocycles. The van der Waals surface area contributed by atoms with Crippen LogP contribution < -0.4 is 5.73 Å². The SMILES string of the molecule is [2H]c1c([2H])c([C@H]([2H])[C@@]([2H])(N)C(=O)OCC)c([2H])c(O)c1O. The lowest BCUT2D eigenvalue weighted by Gasteiger charge is -2.10. The predicted octanol–water partition coefficient (Wildman–Crippen LogP) is 0.531. The number of ether oxygens (including phenoxy) is 1. The Bertz CT molecular complexity index is 549. The van der Waals surface area contributed by atoms with E-state index in [0.717, 1.165) is 0 Å². The van der Waals surface area contributed by atoms with Gasteiger partial charge in [-0.05, 0) is 31.0 Å². The second-order valence-electron chi connectivity index (χ2n) is 2.81. The molecule has 4 N–H and O–H groups in total. The Morgan fingerprint density at radius 3 is 3.00 bits per heavy atom. The molecule has 0 fully saturated rings. The van der Waals surface area contributed by atoms with Crippen LogP contribution in [0.4, 0.5) is 0 Å². The van der Waals surface area contributed by atoms with Crippen molar-refractivity contribution in [2.24, 2.45) is 5.73 Å². The molecule has 0 spiro atoms. The first-order valence-electron chi connectivity index (χ1n) is 7.04. The first-order chi connectivity index (χ1) is 9.57. The molecule has 88 valence electrons. The molecule has 1 aromatic carbocycles. The standard InChI is InChI=1S/C11H15NO4/c1-2-16-11(15)8(12)5-7-3-4-9(13)10(14)6-7/h3-4,6,8,13-14H,2,5,12H2,1H3/t8-/m1/s1/i3D,4D,5D,6D,8D/t5-,8+/m0. The number of benzene rings is 1. The van der Waals surface area contributed by atoms with Crippen LogP contribution in [-0.4, -0.2) is 28.8 Å². The summed E-state index contributed by atoms with van der Waals surface area (Å²) in [4.78, 5) is 11.6. The Balaban J connectivity index is 3.44. The molecule has 1 aromatic rings. The molecule has 5 heteroatoms. The third-order valence-corrected chi connectivity index (χ3v) is 1.60. The van der Waals surface area contributed by atoms with E-state index in [-0.39, 0.29) is 6.61 Å². The van der Waals surface area contributed by atoms with Gasteiger partial charge in [0, 0.05) is 1.37 Å². The number of aromatic hydroxyl groups is 2. The molecule has 0 bridgehead atoms. The Morgan fingerprint density at radius 2 is 2.38 bits per heavy atom. The molecule has 0 heterocycles. The zero-order valence-electron chi connectivity index (χ0n) is 13.6. The minimum absolute atomic E-state index is 0.0740. The molecular weight excluding hydrogens is 210 g/mol. The summed E-state index contributed by atoms with van der Waals surface area (Å²) in [5.41, 5.74) is 4.82. The zero-order chi connectivity index (χ0) is 16.5. The molecule has 0 saturated heterocycles. The molecule has 1 rings (SSSR count). The summed E-state index contributed by atoms with van der Waals surface area (Å²) in [5, 5.41) is 18.9. The predicted molar refractivity (Wildman–Crippen MR) is 58.1 cm³/mol. The average molecular weight is 230 g/mol. The number of hydrogen-bond acceptors (Lipinski definition) is 5. The van der Waals surface area contributed by atoms with E-state index in [0.29, 0.717) is 0 Å². The normalized spacial score (nSPS) is 20.5. The Hall–Kier alpha value is -1.75. The van der Waals surface area contributed by atoms with Crippen molar-refractivity contribution >= 4 is 5.97 Å². The largest absolute Gasteiger partial charge is 0.504 e. The fourth-order valence-electron chi connectivity index (χ4n) is 0.905. The second kappa shape index (κ2) is 5.37. The molecule has 0 unspecified atom stereocenters. The van der Waals surface area contributed by atoms with Crippen molar-refractivity contribution < 1.29 is 26.6 Å². The van der Waals surface area contributed by atoms with Crippen molar-refractivity contribution in [1.82, 2.24) is 0 Å². The van der Waals surface area contributed by atoms with Gasteiger partial charge in [0.1, 0.15) is 6.02 Å². The highest BCUT2D eigenvalue weighted by Gasteiger charge is 2.15. The second-order valence-corrected chi connectivity index (χ2v) is 2.81. The minimum atomic E-state index is -2.63. The Labute approximate surface area is 100 Å². The maximum Gasteiger partial charge on any atom is 0.323 e. The number of carbonyl (C=O) groups excluding carboxylic acids is 1. The summed E-state index contributed by atoms with van der Waals surface area (Å²) in [7, 11) is 0. The van der Waals surface area contributed by atoms with Crippen molar-refractivity contribution in [2.75, 3.05) is 6.61 Å². The van der Waals surface area contributed by atoms with Crippen molar-refractivity contribution in [3.63, 3.8) is 0 Å². The van der Waals surface area contributed by atoms with Gasteiger partial charge < -0.3 is 20.7 Å². The molecule has 0 aliphatic carbocycles. The summed E-state index contributed by atoms with van der Waals surface area (Å²) in [6.45, 7) is 1.41. The molecule has 0 aliphatic rings. The van der Waals surface area contributed by atoms with Crippen molar-refractivity contribution in [2.45, 2.75) is 19.3 Å². The van der Waals surface area contributed by atoms with Crippen LogP contribution in [0, 0.1) is 0 Å². The minimum Gasteiger partial charge on any atom is -0.504 e. The van der Waals surface area contributed by atoms with Gasteiger partial charge in [-0.2, -0.15) is 0 Å².